The van der Waals surface area contributed by atoms with Gasteiger partial charge in [-0.15, -0.1) is 11.3 Å². The Bertz CT molecular complexity index is 525. The van der Waals surface area contributed by atoms with Crippen LogP contribution in [-0.4, -0.2) is 17.1 Å². The van der Waals surface area contributed by atoms with Gasteiger partial charge in [-0.25, -0.2) is 0 Å². The first-order chi connectivity index (χ1) is 9.84. The van der Waals surface area contributed by atoms with Gasteiger partial charge in [0.2, 0.25) is 0 Å². The average molecular weight is 307 g/mol. The fourth-order valence-electron chi connectivity index (χ4n) is 4.60. The Hall–Kier alpha value is -0.870. The Morgan fingerprint density at radius 1 is 1.52 bits per heavy atom. The Labute approximate surface area is 130 Å². The third-order valence-corrected chi connectivity index (χ3v) is 7.45. The SMILES string of the molecule is CC1(C)C2CCC1(C)C(NC(CC(=O)O)c1cccs1)C2. The lowest BCUT2D eigenvalue weighted by molar-refractivity contribution is -0.137. The van der Waals surface area contributed by atoms with Gasteiger partial charge in [-0.05, 0) is 47.5 Å². The molecule has 0 radical (unpaired) electrons. The molecule has 1 aromatic heterocycles. The van der Waals surface area contributed by atoms with Crippen molar-refractivity contribution in [3.63, 3.8) is 0 Å². The third-order valence-electron chi connectivity index (χ3n) is 6.46. The highest BCUT2D eigenvalue weighted by molar-refractivity contribution is 7.10. The summed E-state index contributed by atoms with van der Waals surface area (Å²) in [6.45, 7) is 7.18. The van der Waals surface area contributed by atoms with E-state index in [1.54, 1.807) is 11.3 Å². The molecule has 2 aliphatic rings. The zero-order chi connectivity index (χ0) is 15.3. The summed E-state index contributed by atoms with van der Waals surface area (Å²) >= 11 is 1.65. The average Bonchev–Trinajstić information content (AvgIpc) is 3.03. The van der Waals surface area contributed by atoms with E-state index in [2.05, 4.69) is 26.1 Å². The van der Waals surface area contributed by atoms with Crippen LogP contribution in [0.15, 0.2) is 17.5 Å². The van der Waals surface area contributed by atoms with E-state index >= 15 is 0 Å². The highest BCUT2D eigenvalue weighted by atomic mass is 32.1. The minimum absolute atomic E-state index is 0.0560. The molecule has 3 rings (SSSR count). The molecule has 4 unspecified atom stereocenters. The lowest BCUT2D eigenvalue weighted by Gasteiger charge is -2.41. The van der Waals surface area contributed by atoms with Gasteiger partial charge in [0.05, 0.1) is 12.5 Å². The van der Waals surface area contributed by atoms with Crippen LogP contribution < -0.4 is 5.32 Å². The summed E-state index contributed by atoms with van der Waals surface area (Å²) in [4.78, 5) is 12.4. The van der Waals surface area contributed by atoms with Crippen LogP contribution in [0.25, 0.3) is 0 Å². The maximum atomic E-state index is 11.2. The van der Waals surface area contributed by atoms with Crippen molar-refractivity contribution < 1.29 is 9.90 Å². The molecule has 2 bridgehead atoms. The number of rotatable bonds is 5. The molecule has 0 spiro atoms. The molecule has 2 saturated carbocycles. The van der Waals surface area contributed by atoms with E-state index in [9.17, 15) is 9.90 Å². The number of nitrogens with one attached hydrogen (secondary N) is 1. The predicted octanol–water partition coefficient (Wildman–Crippen LogP) is 4.07. The first-order valence-corrected chi connectivity index (χ1v) is 8.74. The van der Waals surface area contributed by atoms with Crippen molar-refractivity contribution in [3.8, 4) is 0 Å². The number of fused-ring (bicyclic) bond motifs is 2. The summed E-state index contributed by atoms with van der Waals surface area (Å²) in [7, 11) is 0. The van der Waals surface area contributed by atoms with Gasteiger partial charge in [0.1, 0.15) is 0 Å². The van der Waals surface area contributed by atoms with Gasteiger partial charge >= 0.3 is 5.97 Å². The number of hydrogen-bond donors (Lipinski definition) is 2. The van der Waals surface area contributed by atoms with Gasteiger partial charge in [0.15, 0.2) is 0 Å². The Morgan fingerprint density at radius 2 is 2.29 bits per heavy atom. The molecular weight excluding hydrogens is 282 g/mol. The molecule has 1 aromatic rings. The molecule has 2 aliphatic carbocycles. The number of thiophene rings is 1. The van der Waals surface area contributed by atoms with Gasteiger partial charge in [0.25, 0.3) is 0 Å². The van der Waals surface area contributed by atoms with Crippen LogP contribution in [0.1, 0.15) is 57.4 Å². The monoisotopic (exact) mass is 307 g/mol. The molecule has 0 amide bonds. The number of aliphatic carboxylic acids is 1. The molecule has 2 N–H and O–H groups in total. The van der Waals surface area contributed by atoms with Crippen molar-refractivity contribution >= 4 is 17.3 Å². The van der Waals surface area contributed by atoms with E-state index in [4.69, 9.17) is 0 Å². The van der Waals surface area contributed by atoms with Gasteiger partial charge in [-0.2, -0.15) is 0 Å². The second-order valence-corrected chi connectivity index (χ2v) is 8.47. The molecule has 4 atom stereocenters. The standard InChI is InChI=1S/C17H25NO2S/c1-16(2)11-6-7-17(16,3)14(9-11)18-12(10-15(19)20)13-5-4-8-21-13/h4-5,8,11-12,14,18H,6-7,9-10H2,1-3H3,(H,19,20). The normalized spacial score (nSPS) is 35.0. The van der Waals surface area contributed by atoms with Gasteiger partial charge in [-0.3, -0.25) is 4.79 Å². The van der Waals surface area contributed by atoms with Crippen molar-refractivity contribution in [1.82, 2.24) is 5.32 Å². The molecule has 21 heavy (non-hydrogen) atoms. The quantitative estimate of drug-likeness (QED) is 0.862. The number of carboxylic acid groups (broad SMARTS) is 1. The smallest absolute Gasteiger partial charge is 0.305 e. The van der Waals surface area contributed by atoms with Crippen molar-refractivity contribution in [2.45, 2.75) is 58.5 Å². The van der Waals surface area contributed by atoms with Crippen LogP contribution in [-0.2, 0) is 4.79 Å². The molecule has 3 nitrogen and oxygen atoms in total. The van der Waals surface area contributed by atoms with Crippen molar-refractivity contribution in [2.75, 3.05) is 0 Å². The second kappa shape index (κ2) is 5.10. The molecule has 0 aromatic carbocycles. The fraction of sp³-hybridized carbons (Fsp3) is 0.706. The van der Waals surface area contributed by atoms with Crippen molar-refractivity contribution in [2.24, 2.45) is 16.7 Å². The van der Waals surface area contributed by atoms with Crippen molar-refractivity contribution in [3.05, 3.63) is 22.4 Å². The minimum Gasteiger partial charge on any atom is -0.481 e. The van der Waals surface area contributed by atoms with E-state index in [1.807, 2.05) is 17.5 Å². The van der Waals surface area contributed by atoms with E-state index in [0.717, 1.165) is 10.8 Å². The topological polar surface area (TPSA) is 49.3 Å². The van der Waals surface area contributed by atoms with Crippen LogP contribution in [0, 0.1) is 16.7 Å². The maximum absolute atomic E-state index is 11.2. The van der Waals surface area contributed by atoms with Crippen LogP contribution in [0.2, 0.25) is 0 Å². The zero-order valence-electron chi connectivity index (χ0n) is 13.1. The van der Waals surface area contributed by atoms with E-state index < -0.39 is 5.97 Å². The zero-order valence-corrected chi connectivity index (χ0v) is 13.9. The maximum Gasteiger partial charge on any atom is 0.305 e. The van der Waals surface area contributed by atoms with Crippen molar-refractivity contribution in [1.29, 1.82) is 0 Å². The number of hydrogen-bond acceptors (Lipinski definition) is 3. The lowest BCUT2D eigenvalue weighted by Crippen LogP contribution is -2.46. The molecule has 0 aliphatic heterocycles. The van der Waals surface area contributed by atoms with Gasteiger partial charge < -0.3 is 10.4 Å². The number of carboxylic acids is 1. The van der Waals surface area contributed by atoms with E-state index in [0.29, 0.717) is 11.5 Å². The Morgan fingerprint density at radius 3 is 2.76 bits per heavy atom. The largest absolute Gasteiger partial charge is 0.481 e. The van der Waals surface area contributed by atoms with Crippen LogP contribution in [0.3, 0.4) is 0 Å². The van der Waals surface area contributed by atoms with Gasteiger partial charge in [0, 0.05) is 10.9 Å². The van der Waals surface area contributed by atoms with Gasteiger partial charge in [-0.1, -0.05) is 26.8 Å². The summed E-state index contributed by atoms with van der Waals surface area (Å²) in [6, 6.07) is 4.42. The molecule has 1 heterocycles. The first kappa shape index (κ1) is 15.0. The molecule has 116 valence electrons. The first-order valence-electron chi connectivity index (χ1n) is 7.86. The molecule has 2 fully saturated rings. The minimum atomic E-state index is -0.728. The van der Waals surface area contributed by atoms with Crippen LogP contribution in [0.5, 0.6) is 0 Å². The molecule has 4 heteroatoms. The third kappa shape index (κ3) is 2.33. The summed E-state index contributed by atoms with van der Waals surface area (Å²) < 4.78 is 0. The lowest BCUT2D eigenvalue weighted by atomic mass is 9.69. The van der Waals surface area contributed by atoms with E-state index in [1.165, 1.54) is 19.3 Å². The number of carbonyl (C=O) groups is 1. The van der Waals surface area contributed by atoms with Crippen LogP contribution >= 0.6 is 11.3 Å². The predicted molar refractivity (Wildman–Crippen MR) is 85.5 cm³/mol. The van der Waals surface area contributed by atoms with Crippen LogP contribution in [0.4, 0.5) is 0 Å². The molecule has 0 saturated heterocycles. The highest BCUT2D eigenvalue weighted by Gasteiger charge is 2.61. The summed E-state index contributed by atoms with van der Waals surface area (Å²) in [5.74, 6) is 0.0438. The Kier molecular flexibility index (Phi) is 3.65. The summed E-state index contributed by atoms with van der Waals surface area (Å²) in [6.07, 6.45) is 3.93. The Balaban J connectivity index is 1.80. The summed E-state index contributed by atoms with van der Waals surface area (Å²) in [5.41, 5.74) is 0.638. The fourth-order valence-corrected chi connectivity index (χ4v) is 5.39. The molecular formula is C17H25NO2S. The highest BCUT2D eigenvalue weighted by Crippen LogP contribution is 2.65. The summed E-state index contributed by atoms with van der Waals surface area (Å²) in [5, 5.41) is 15.0. The second-order valence-electron chi connectivity index (χ2n) is 7.50. The van der Waals surface area contributed by atoms with E-state index in [-0.39, 0.29) is 17.9 Å².